The number of hydrogen-bond donors (Lipinski definition) is 2. The molecular formula is C14H9F3N4O2S. The van der Waals surface area contributed by atoms with Crippen LogP contribution in [0.15, 0.2) is 45.5 Å². The number of hydrogen-bond acceptors (Lipinski definition) is 5. The Kier molecular flexibility index (Phi) is 4.21. The van der Waals surface area contributed by atoms with Crippen LogP contribution in [0.5, 0.6) is 0 Å². The normalized spacial score (nSPS) is 11.3. The van der Waals surface area contributed by atoms with Crippen LogP contribution in [0.1, 0.15) is 5.56 Å². The molecule has 0 unspecified atom stereocenters. The van der Waals surface area contributed by atoms with Gasteiger partial charge >= 0.3 is 18.2 Å². The van der Waals surface area contributed by atoms with Gasteiger partial charge in [0.05, 0.1) is 5.56 Å². The zero-order chi connectivity index (χ0) is 17.2. The Hall–Kier alpha value is -2.88. The van der Waals surface area contributed by atoms with Crippen LogP contribution in [0, 0.1) is 0 Å². The number of thiophene rings is 1. The molecule has 0 saturated carbocycles. The Bertz CT molecular complexity index is 846. The number of benzene rings is 1. The largest absolute Gasteiger partial charge is 0.416 e. The van der Waals surface area contributed by atoms with Crippen LogP contribution in [0.3, 0.4) is 0 Å². The minimum atomic E-state index is -4.49. The van der Waals surface area contributed by atoms with Crippen LogP contribution in [-0.4, -0.2) is 16.2 Å². The molecule has 0 bridgehead atoms. The van der Waals surface area contributed by atoms with E-state index < -0.39 is 17.8 Å². The van der Waals surface area contributed by atoms with Gasteiger partial charge in [0.1, 0.15) is 0 Å². The van der Waals surface area contributed by atoms with E-state index in [4.69, 9.17) is 4.42 Å². The van der Waals surface area contributed by atoms with E-state index in [2.05, 4.69) is 20.8 Å². The van der Waals surface area contributed by atoms with E-state index in [1.54, 1.807) is 11.4 Å². The van der Waals surface area contributed by atoms with E-state index >= 15 is 0 Å². The van der Waals surface area contributed by atoms with Gasteiger partial charge in [0.15, 0.2) is 0 Å². The van der Waals surface area contributed by atoms with Crippen molar-refractivity contribution in [2.24, 2.45) is 0 Å². The number of alkyl halides is 3. The average molecular weight is 354 g/mol. The summed E-state index contributed by atoms with van der Waals surface area (Å²) in [5.74, 6) is 0.227. The number of carbonyl (C=O) groups excluding carboxylic acids is 1. The lowest BCUT2D eigenvalue weighted by molar-refractivity contribution is -0.137. The van der Waals surface area contributed by atoms with Gasteiger partial charge in [0, 0.05) is 16.6 Å². The summed E-state index contributed by atoms with van der Waals surface area (Å²) in [5.41, 5.74) is -0.170. The van der Waals surface area contributed by atoms with Gasteiger partial charge in [0.2, 0.25) is 0 Å². The van der Waals surface area contributed by atoms with Crippen molar-refractivity contribution in [1.82, 2.24) is 10.2 Å². The smallest absolute Gasteiger partial charge is 0.403 e. The molecule has 124 valence electrons. The third kappa shape index (κ3) is 3.71. The highest BCUT2D eigenvalue weighted by molar-refractivity contribution is 7.08. The van der Waals surface area contributed by atoms with Crippen molar-refractivity contribution in [2.75, 3.05) is 10.6 Å². The molecule has 0 aliphatic heterocycles. The number of nitrogens with zero attached hydrogens (tertiary/aromatic N) is 2. The number of urea groups is 1. The molecule has 0 aliphatic carbocycles. The molecule has 10 heteroatoms. The van der Waals surface area contributed by atoms with Crippen molar-refractivity contribution in [3.63, 3.8) is 0 Å². The van der Waals surface area contributed by atoms with Crippen LogP contribution in [0.25, 0.3) is 11.5 Å². The summed E-state index contributed by atoms with van der Waals surface area (Å²) in [4.78, 5) is 11.8. The quantitative estimate of drug-likeness (QED) is 0.728. The molecule has 24 heavy (non-hydrogen) atoms. The van der Waals surface area contributed by atoms with Gasteiger partial charge in [-0.3, -0.25) is 5.32 Å². The third-order valence-electron chi connectivity index (χ3n) is 2.86. The number of nitrogens with one attached hydrogen (secondary N) is 2. The van der Waals surface area contributed by atoms with Crippen molar-refractivity contribution < 1.29 is 22.4 Å². The number of halogens is 3. The highest BCUT2D eigenvalue weighted by Crippen LogP contribution is 2.30. The molecule has 2 heterocycles. The maximum atomic E-state index is 12.6. The Morgan fingerprint density at radius 1 is 1.17 bits per heavy atom. The van der Waals surface area contributed by atoms with Crippen molar-refractivity contribution in [2.45, 2.75) is 6.18 Å². The molecule has 2 amide bonds. The van der Waals surface area contributed by atoms with Gasteiger partial charge in [-0.2, -0.15) is 24.5 Å². The molecule has 0 radical (unpaired) electrons. The van der Waals surface area contributed by atoms with Crippen molar-refractivity contribution in [3.05, 3.63) is 46.7 Å². The van der Waals surface area contributed by atoms with E-state index in [-0.39, 0.29) is 17.6 Å². The first kappa shape index (κ1) is 16.0. The van der Waals surface area contributed by atoms with Gasteiger partial charge in [0.25, 0.3) is 5.89 Å². The van der Waals surface area contributed by atoms with Crippen LogP contribution >= 0.6 is 11.3 Å². The summed E-state index contributed by atoms with van der Waals surface area (Å²) in [6, 6.07) is 5.07. The van der Waals surface area contributed by atoms with E-state index in [1.165, 1.54) is 23.5 Å². The minimum absolute atomic E-state index is 0.0140. The number of amides is 2. The standard InChI is InChI=1S/C14H9F3N4O2S/c15-14(16,17)9-2-1-3-10(6-9)18-12(22)19-13-21-20-11(23-13)8-4-5-24-7-8/h1-7H,(H2,18,19,21,22). The van der Waals surface area contributed by atoms with Gasteiger partial charge in [-0.05, 0) is 29.6 Å². The van der Waals surface area contributed by atoms with Crippen LogP contribution < -0.4 is 10.6 Å². The fourth-order valence-corrected chi connectivity index (χ4v) is 2.44. The van der Waals surface area contributed by atoms with Gasteiger partial charge < -0.3 is 9.73 Å². The zero-order valence-corrected chi connectivity index (χ0v) is 12.6. The predicted molar refractivity (Wildman–Crippen MR) is 81.7 cm³/mol. The monoisotopic (exact) mass is 354 g/mol. The zero-order valence-electron chi connectivity index (χ0n) is 11.8. The number of carbonyl (C=O) groups is 1. The molecule has 0 fully saturated rings. The molecular weight excluding hydrogens is 345 g/mol. The Labute approximate surface area is 137 Å². The topological polar surface area (TPSA) is 80.0 Å². The molecule has 3 rings (SSSR count). The second-order valence-corrected chi connectivity index (χ2v) is 5.36. The molecule has 0 spiro atoms. The Balaban J connectivity index is 1.66. The minimum Gasteiger partial charge on any atom is -0.403 e. The lowest BCUT2D eigenvalue weighted by atomic mass is 10.2. The maximum absolute atomic E-state index is 12.6. The molecule has 0 aliphatic rings. The second kappa shape index (κ2) is 6.32. The van der Waals surface area contributed by atoms with Crippen LogP contribution in [0.2, 0.25) is 0 Å². The van der Waals surface area contributed by atoms with E-state index in [9.17, 15) is 18.0 Å². The maximum Gasteiger partial charge on any atom is 0.416 e. The molecule has 0 atom stereocenters. The summed E-state index contributed by atoms with van der Waals surface area (Å²) in [6.45, 7) is 0. The fourth-order valence-electron chi connectivity index (χ4n) is 1.81. The first-order valence-electron chi connectivity index (χ1n) is 6.53. The van der Waals surface area contributed by atoms with Crippen molar-refractivity contribution in [1.29, 1.82) is 0 Å². The number of rotatable bonds is 3. The number of aromatic nitrogens is 2. The SMILES string of the molecule is O=C(Nc1cccc(C(F)(F)F)c1)Nc1nnc(-c2ccsc2)o1. The molecule has 6 nitrogen and oxygen atoms in total. The lowest BCUT2D eigenvalue weighted by Gasteiger charge is -2.09. The summed E-state index contributed by atoms with van der Waals surface area (Å²) in [6.07, 6.45) is -4.49. The van der Waals surface area contributed by atoms with Gasteiger partial charge in [-0.1, -0.05) is 11.2 Å². The first-order chi connectivity index (χ1) is 11.4. The molecule has 0 saturated heterocycles. The highest BCUT2D eigenvalue weighted by atomic mass is 32.1. The lowest BCUT2D eigenvalue weighted by Crippen LogP contribution is -2.20. The molecule has 3 aromatic rings. The third-order valence-corrected chi connectivity index (χ3v) is 3.54. The van der Waals surface area contributed by atoms with E-state index in [0.717, 1.165) is 12.1 Å². The summed E-state index contributed by atoms with van der Waals surface area (Å²) in [5, 5.41) is 15.6. The molecule has 1 aromatic carbocycles. The summed E-state index contributed by atoms with van der Waals surface area (Å²) in [7, 11) is 0. The van der Waals surface area contributed by atoms with Gasteiger partial charge in [-0.15, -0.1) is 5.10 Å². The van der Waals surface area contributed by atoms with Gasteiger partial charge in [-0.25, -0.2) is 4.79 Å². The predicted octanol–water partition coefficient (Wildman–Crippen LogP) is 4.46. The van der Waals surface area contributed by atoms with Crippen LogP contribution in [0.4, 0.5) is 29.7 Å². The Morgan fingerprint density at radius 2 is 2.00 bits per heavy atom. The Morgan fingerprint density at radius 3 is 2.71 bits per heavy atom. The van der Waals surface area contributed by atoms with Crippen LogP contribution in [-0.2, 0) is 6.18 Å². The van der Waals surface area contributed by atoms with Crippen molar-refractivity contribution >= 4 is 29.1 Å². The molecule has 2 aromatic heterocycles. The summed E-state index contributed by atoms with van der Waals surface area (Å²) < 4.78 is 43.1. The average Bonchev–Trinajstić information content (AvgIpc) is 3.17. The second-order valence-electron chi connectivity index (χ2n) is 4.58. The fraction of sp³-hybridized carbons (Fsp3) is 0.0714. The van der Waals surface area contributed by atoms with E-state index in [1.807, 2.05) is 5.38 Å². The van der Waals surface area contributed by atoms with E-state index in [0.29, 0.717) is 5.56 Å². The van der Waals surface area contributed by atoms with Crippen molar-refractivity contribution in [3.8, 4) is 11.5 Å². The highest BCUT2D eigenvalue weighted by Gasteiger charge is 2.30. The first-order valence-corrected chi connectivity index (χ1v) is 7.47. The summed E-state index contributed by atoms with van der Waals surface area (Å²) >= 11 is 1.44. The molecule has 2 N–H and O–H groups in total. The number of anilines is 2.